The van der Waals surface area contributed by atoms with Gasteiger partial charge in [0.25, 0.3) is 0 Å². The molecular weight excluding hydrogens is 302 g/mol. The lowest BCUT2D eigenvalue weighted by molar-refractivity contribution is -0.489. The zero-order valence-electron chi connectivity index (χ0n) is 13.3. The number of Topliss-reactive ketones (excluding diaryl/α,β-unsaturated/α-hetero) is 2. The molecule has 0 unspecified atom stereocenters. The average molecular weight is 321 g/mol. The van der Waals surface area contributed by atoms with Crippen molar-refractivity contribution in [2.24, 2.45) is 5.92 Å². The number of benzene rings is 1. The monoisotopic (exact) mass is 321 g/mol. The van der Waals surface area contributed by atoms with Crippen LogP contribution in [0.15, 0.2) is 30.3 Å². The molecule has 0 amide bonds. The van der Waals surface area contributed by atoms with E-state index < -0.39 is 40.3 Å². The summed E-state index contributed by atoms with van der Waals surface area (Å²) in [4.78, 5) is 47.2. The van der Waals surface area contributed by atoms with E-state index in [1.165, 1.54) is 12.1 Å². The Morgan fingerprint density at radius 3 is 2.09 bits per heavy atom. The number of nitro groups is 1. The van der Waals surface area contributed by atoms with Crippen LogP contribution in [-0.2, 0) is 24.5 Å². The SMILES string of the molecule is CCOC(=O)[C@@](C[N+](=O)[O-])(c1ccccc1)C(C(C)=O)C(C)=O. The zero-order valence-corrected chi connectivity index (χ0v) is 13.3. The fourth-order valence-electron chi connectivity index (χ4n) is 2.83. The molecule has 0 heterocycles. The van der Waals surface area contributed by atoms with Crippen molar-refractivity contribution < 1.29 is 24.0 Å². The van der Waals surface area contributed by atoms with E-state index >= 15 is 0 Å². The first kappa shape index (κ1) is 18.5. The van der Waals surface area contributed by atoms with Crippen LogP contribution in [0.1, 0.15) is 26.3 Å². The van der Waals surface area contributed by atoms with Gasteiger partial charge in [-0.25, -0.2) is 0 Å². The summed E-state index contributed by atoms with van der Waals surface area (Å²) in [5.41, 5.74) is -1.76. The van der Waals surface area contributed by atoms with Crippen LogP contribution in [0.25, 0.3) is 0 Å². The number of ether oxygens (including phenoxy) is 1. The van der Waals surface area contributed by atoms with Gasteiger partial charge in [0.2, 0.25) is 6.54 Å². The summed E-state index contributed by atoms with van der Waals surface area (Å²) in [6.45, 7) is 2.91. The summed E-state index contributed by atoms with van der Waals surface area (Å²) in [6, 6.07) is 7.81. The molecule has 124 valence electrons. The van der Waals surface area contributed by atoms with Gasteiger partial charge in [-0.1, -0.05) is 30.3 Å². The highest BCUT2D eigenvalue weighted by Gasteiger charge is 2.56. The van der Waals surface area contributed by atoms with E-state index in [1.54, 1.807) is 25.1 Å². The number of rotatable bonds is 8. The number of carbonyl (C=O) groups excluding carboxylic acids is 3. The molecule has 0 aliphatic heterocycles. The molecule has 1 aromatic carbocycles. The van der Waals surface area contributed by atoms with Gasteiger partial charge in [-0.3, -0.25) is 24.5 Å². The number of carbonyl (C=O) groups is 3. The minimum Gasteiger partial charge on any atom is -0.465 e. The zero-order chi connectivity index (χ0) is 17.6. The highest BCUT2D eigenvalue weighted by atomic mass is 16.6. The Hall–Kier alpha value is -2.57. The van der Waals surface area contributed by atoms with E-state index in [9.17, 15) is 24.5 Å². The molecule has 0 radical (unpaired) electrons. The molecule has 0 aromatic heterocycles. The Labute approximate surface area is 133 Å². The number of ketones is 2. The second-order valence-electron chi connectivity index (χ2n) is 5.20. The van der Waals surface area contributed by atoms with Crippen LogP contribution < -0.4 is 0 Å². The van der Waals surface area contributed by atoms with E-state index in [-0.39, 0.29) is 12.2 Å². The Balaban J connectivity index is 3.71. The lowest BCUT2D eigenvalue weighted by atomic mass is 9.67. The molecule has 0 aliphatic rings. The summed E-state index contributed by atoms with van der Waals surface area (Å²) in [5.74, 6) is -3.65. The van der Waals surface area contributed by atoms with Crippen molar-refractivity contribution in [2.75, 3.05) is 13.2 Å². The first-order valence-electron chi connectivity index (χ1n) is 7.12. The van der Waals surface area contributed by atoms with Gasteiger partial charge in [0, 0.05) is 4.92 Å². The summed E-state index contributed by atoms with van der Waals surface area (Å²) in [5, 5.41) is 11.2. The highest BCUT2D eigenvalue weighted by molar-refractivity contribution is 6.07. The Kier molecular flexibility index (Phi) is 6.12. The summed E-state index contributed by atoms with van der Waals surface area (Å²) >= 11 is 0. The Bertz CT molecular complexity index is 598. The molecule has 0 bridgehead atoms. The second-order valence-corrected chi connectivity index (χ2v) is 5.20. The fourth-order valence-corrected chi connectivity index (χ4v) is 2.83. The Morgan fingerprint density at radius 2 is 1.70 bits per heavy atom. The maximum absolute atomic E-state index is 12.6. The predicted octanol–water partition coefficient (Wildman–Crippen LogP) is 1.56. The maximum atomic E-state index is 12.6. The molecule has 7 nitrogen and oxygen atoms in total. The van der Waals surface area contributed by atoms with E-state index in [0.29, 0.717) is 0 Å². The molecule has 0 saturated heterocycles. The van der Waals surface area contributed by atoms with E-state index in [1.807, 2.05) is 0 Å². The molecule has 0 fully saturated rings. The highest BCUT2D eigenvalue weighted by Crippen LogP contribution is 2.36. The average Bonchev–Trinajstić information content (AvgIpc) is 2.46. The third kappa shape index (κ3) is 3.80. The maximum Gasteiger partial charge on any atom is 0.324 e. The van der Waals surface area contributed by atoms with E-state index in [2.05, 4.69) is 0 Å². The van der Waals surface area contributed by atoms with Crippen LogP contribution in [0.4, 0.5) is 0 Å². The third-order valence-corrected chi connectivity index (χ3v) is 3.61. The van der Waals surface area contributed by atoms with Crippen LogP contribution in [0.2, 0.25) is 0 Å². The summed E-state index contributed by atoms with van der Waals surface area (Å²) in [6.07, 6.45) is 0. The van der Waals surface area contributed by atoms with Crippen molar-refractivity contribution in [3.63, 3.8) is 0 Å². The Morgan fingerprint density at radius 1 is 1.17 bits per heavy atom. The molecule has 1 aromatic rings. The van der Waals surface area contributed by atoms with Crippen LogP contribution >= 0.6 is 0 Å². The fraction of sp³-hybridized carbons (Fsp3) is 0.438. The van der Waals surface area contributed by atoms with Crippen LogP contribution in [0.5, 0.6) is 0 Å². The van der Waals surface area contributed by atoms with Gasteiger partial charge in [-0.2, -0.15) is 0 Å². The normalized spacial score (nSPS) is 13.2. The molecule has 0 saturated carbocycles. The van der Waals surface area contributed by atoms with Gasteiger partial charge in [-0.05, 0) is 26.3 Å². The van der Waals surface area contributed by atoms with E-state index in [4.69, 9.17) is 4.74 Å². The molecule has 0 N–H and O–H groups in total. The lowest BCUT2D eigenvalue weighted by Crippen LogP contribution is -2.54. The van der Waals surface area contributed by atoms with Crippen LogP contribution in [-0.4, -0.2) is 35.6 Å². The van der Waals surface area contributed by atoms with Gasteiger partial charge >= 0.3 is 5.97 Å². The number of nitrogens with zero attached hydrogens (tertiary/aromatic N) is 1. The number of hydrogen-bond donors (Lipinski definition) is 0. The summed E-state index contributed by atoms with van der Waals surface area (Å²) in [7, 11) is 0. The van der Waals surface area contributed by atoms with Crippen molar-refractivity contribution in [2.45, 2.75) is 26.2 Å². The molecule has 0 spiro atoms. The third-order valence-electron chi connectivity index (χ3n) is 3.61. The molecule has 0 aliphatic carbocycles. The smallest absolute Gasteiger partial charge is 0.324 e. The predicted molar refractivity (Wildman–Crippen MR) is 81.5 cm³/mol. The van der Waals surface area contributed by atoms with Crippen LogP contribution in [0, 0.1) is 16.0 Å². The molecule has 7 heteroatoms. The first-order valence-corrected chi connectivity index (χ1v) is 7.12. The largest absolute Gasteiger partial charge is 0.465 e. The van der Waals surface area contributed by atoms with Gasteiger partial charge in [0.05, 0.1) is 6.61 Å². The topological polar surface area (TPSA) is 104 Å². The molecule has 23 heavy (non-hydrogen) atoms. The number of hydrogen-bond acceptors (Lipinski definition) is 6. The second kappa shape index (κ2) is 7.62. The van der Waals surface area contributed by atoms with Crippen molar-refractivity contribution in [3.05, 3.63) is 46.0 Å². The quantitative estimate of drug-likeness (QED) is 0.311. The lowest BCUT2D eigenvalue weighted by Gasteiger charge is -2.33. The molecule has 1 rings (SSSR count). The minimum atomic E-state index is -1.97. The molecule has 1 atom stereocenters. The van der Waals surface area contributed by atoms with Crippen molar-refractivity contribution in [1.82, 2.24) is 0 Å². The standard InChI is InChI=1S/C16H19NO6/c1-4-23-15(20)16(10-17(21)22,13-8-6-5-7-9-13)14(11(2)18)12(3)19/h5-9,14H,4,10H2,1-3H3/t16-/m0/s1. The minimum absolute atomic E-state index is 0.0202. The van der Waals surface area contributed by atoms with E-state index in [0.717, 1.165) is 13.8 Å². The first-order chi connectivity index (χ1) is 10.8. The van der Waals surface area contributed by atoms with Gasteiger partial charge in [-0.15, -0.1) is 0 Å². The summed E-state index contributed by atoms with van der Waals surface area (Å²) < 4.78 is 5.00. The molecular formula is C16H19NO6. The van der Waals surface area contributed by atoms with Crippen LogP contribution in [0.3, 0.4) is 0 Å². The van der Waals surface area contributed by atoms with Gasteiger partial charge in [0.1, 0.15) is 17.5 Å². The van der Waals surface area contributed by atoms with Crippen molar-refractivity contribution in [3.8, 4) is 0 Å². The van der Waals surface area contributed by atoms with Gasteiger partial charge < -0.3 is 4.74 Å². The van der Waals surface area contributed by atoms with Crippen molar-refractivity contribution in [1.29, 1.82) is 0 Å². The van der Waals surface area contributed by atoms with Crippen molar-refractivity contribution >= 4 is 17.5 Å². The van der Waals surface area contributed by atoms with Gasteiger partial charge in [0.15, 0.2) is 5.41 Å². The number of esters is 1.